The summed E-state index contributed by atoms with van der Waals surface area (Å²) < 4.78 is 12.0. The first-order chi connectivity index (χ1) is 19.0. The molecule has 0 saturated carbocycles. The van der Waals surface area contributed by atoms with E-state index in [1.165, 1.54) is 12.4 Å². The third kappa shape index (κ3) is 6.29. The van der Waals surface area contributed by atoms with Gasteiger partial charge in [-0.05, 0) is 55.4 Å². The number of aromatic nitrogens is 1. The Morgan fingerprint density at radius 3 is 2.33 bits per heavy atom. The van der Waals surface area contributed by atoms with Gasteiger partial charge in [-0.2, -0.15) is 0 Å². The van der Waals surface area contributed by atoms with E-state index in [0.717, 1.165) is 18.7 Å². The molecule has 8 heteroatoms. The van der Waals surface area contributed by atoms with E-state index in [9.17, 15) is 14.7 Å². The summed E-state index contributed by atoms with van der Waals surface area (Å²) in [7, 11) is 0. The first-order valence-corrected chi connectivity index (χ1v) is 13.3. The Morgan fingerprint density at radius 2 is 1.67 bits per heavy atom. The monoisotopic (exact) mass is 529 g/mol. The summed E-state index contributed by atoms with van der Waals surface area (Å²) in [4.78, 5) is 34.4. The smallest absolute Gasteiger partial charge is 0.295 e. The largest absolute Gasteiger partial charge is 0.507 e. The summed E-state index contributed by atoms with van der Waals surface area (Å²) in [6.45, 7) is 9.35. The maximum Gasteiger partial charge on any atom is 0.295 e. The first-order valence-electron chi connectivity index (χ1n) is 13.3. The van der Waals surface area contributed by atoms with E-state index in [1.54, 1.807) is 29.2 Å². The van der Waals surface area contributed by atoms with Crippen LogP contribution in [0.25, 0.3) is 5.76 Å². The van der Waals surface area contributed by atoms with Crippen LogP contribution in [-0.4, -0.2) is 64.4 Å². The number of hydrogen-bond acceptors (Lipinski definition) is 7. The number of ketones is 1. The number of carbonyl (C=O) groups is 2. The van der Waals surface area contributed by atoms with E-state index < -0.39 is 17.7 Å². The molecule has 1 N–H and O–H groups in total. The van der Waals surface area contributed by atoms with Crippen LogP contribution in [0.4, 0.5) is 0 Å². The molecule has 1 unspecified atom stereocenters. The maximum absolute atomic E-state index is 13.3. The van der Waals surface area contributed by atoms with Crippen molar-refractivity contribution in [2.45, 2.75) is 33.4 Å². The van der Waals surface area contributed by atoms with Crippen molar-refractivity contribution in [3.63, 3.8) is 0 Å². The van der Waals surface area contributed by atoms with Gasteiger partial charge in [0.15, 0.2) is 11.5 Å². The normalized spacial score (nSPS) is 16.6. The molecule has 204 valence electrons. The number of benzene rings is 2. The molecule has 39 heavy (non-hydrogen) atoms. The van der Waals surface area contributed by atoms with Crippen molar-refractivity contribution in [1.82, 2.24) is 14.8 Å². The minimum absolute atomic E-state index is 0.0474. The van der Waals surface area contributed by atoms with E-state index in [1.807, 2.05) is 43.3 Å². The molecule has 0 aliphatic carbocycles. The zero-order valence-corrected chi connectivity index (χ0v) is 22.7. The van der Waals surface area contributed by atoms with Crippen LogP contribution in [0.3, 0.4) is 0 Å². The number of aliphatic hydroxyl groups is 1. The quantitative estimate of drug-likeness (QED) is 0.204. The SMILES string of the molecule is CCOc1cc(C2/C(=C(\O)c3ccncc3)C(=O)C(=O)N2CCN(CC)CC)ccc1OCc1ccccc1. The Morgan fingerprint density at radius 1 is 0.949 bits per heavy atom. The van der Waals surface area contributed by atoms with Gasteiger partial charge in [-0.1, -0.05) is 50.2 Å². The summed E-state index contributed by atoms with van der Waals surface area (Å²) in [5, 5.41) is 11.3. The van der Waals surface area contributed by atoms with E-state index in [-0.39, 0.29) is 11.3 Å². The lowest BCUT2D eigenvalue weighted by molar-refractivity contribution is -0.140. The Labute approximate surface area is 229 Å². The van der Waals surface area contributed by atoms with Gasteiger partial charge in [0.25, 0.3) is 11.7 Å². The van der Waals surface area contributed by atoms with Gasteiger partial charge in [0.2, 0.25) is 0 Å². The molecular formula is C31H35N3O5. The third-order valence-electron chi connectivity index (χ3n) is 6.87. The molecule has 1 aliphatic heterocycles. The number of ether oxygens (including phenoxy) is 2. The van der Waals surface area contributed by atoms with Crippen LogP contribution >= 0.6 is 0 Å². The lowest BCUT2D eigenvalue weighted by atomic mass is 9.95. The standard InChI is InChI=1S/C31H35N3O5/c1-4-33(5-2)18-19-34-28(27(30(36)31(34)37)29(35)23-14-16-32-17-15-23)24-12-13-25(26(20-24)38-6-3)39-21-22-10-8-7-9-11-22/h7-17,20,28,35H,4-6,18-19,21H2,1-3H3/b29-27+. The second-order valence-electron chi connectivity index (χ2n) is 9.17. The van der Waals surface area contributed by atoms with Crippen LogP contribution in [0.1, 0.15) is 43.5 Å². The molecule has 3 aromatic rings. The summed E-state index contributed by atoms with van der Waals surface area (Å²) in [5.74, 6) is -0.516. The molecule has 2 aromatic carbocycles. The van der Waals surface area contributed by atoms with Crippen LogP contribution in [0.15, 0.2) is 78.6 Å². The van der Waals surface area contributed by atoms with Crippen molar-refractivity contribution in [3.05, 3.63) is 95.3 Å². The third-order valence-corrected chi connectivity index (χ3v) is 6.87. The molecule has 8 nitrogen and oxygen atoms in total. The summed E-state index contributed by atoms with van der Waals surface area (Å²) in [6, 6.07) is 17.7. The van der Waals surface area contributed by atoms with Crippen molar-refractivity contribution in [1.29, 1.82) is 0 Å². The van der Waals surface area contributed by atoms with Gasteiger partial charge >= 0.3 is 0 Å². The number of Topliss-reactive ketones (excluding diaryl/α,β-unsaturated/α-hetero) is 1. The minimum atomic E-state index is -0.781. The first kappa shape index (κ1) is 27.9. The molecule has 0 radical (unpaired) electrons. The van der Waals surface area contributed by atoms with Crippen molar-refractivity contribution in [3.8, 4) is 11.5 Å². The molecule has 1 saturated heterocycles. The highest BCUT2D eigenvalue weighted by Gasteiger charge is 2.46. The van der Waals surface area contributed by atoms with Gasteiger partial charge in [0, 0.05) is 31.0 Å². The van der Waals surface area contributed by atoms with Crippen LogP contribution in [0.2, 0.25) is 0 Å². The van der Waals surface area contributed by atoms with Crippen LogP contribution in [0, 0.1) is 0 Å². The number of amides is 1. The molecule has 1 amide bonds. The van der Waals surface area contributed by atoms with Crippen LogP contribution in [-0.2, 0) is 16.2 Å². The Bertz CT molecular complexity index is 1310. The molecule has 1 atom stereocenters. The number of hydrogen-bond donors (Lipinski definition) is 1. The van der Waals surface area contributed by atoms with E-state index >= 15 is 0 Å². The molecule has 4 rings (SSSR count). The molecule has 1 aliphatic rings. The fourth-order valence-electron chi connectivity index (χ4n) is 4.73. The lowest BCUT2D eigenvalue weighted by Crippen LogP contribution is -2.38. The predicted octanol–water partition coefficient (Wildman–Crippen LogP) is 4.82. The second-order valence-corrected chi connectivity index (χ2v) is 9.17. The second kappa shape index (κ2) is 13.1. The fraction of sp³-hybridized carbons (Fsp3) is 0.323. The fourth-order valence-corrected chi connectivity index (χ4v) is 4.73. The molecule has 0 bridgehead atoms. The molecular weight excluding hydrogens is 494 g/mol. The highest BCUT2D eigenvalue weighted by Crippen LogP contribution is 2.42. The number of carbonyl (C=O) groups excluding carboxylic acids is 2. The predicted molar refractivity (Wildman–Crippen MR) is 149 cm³/mol. The van der Waals surface area contributed by atoms with Crippen molar-refractivity contribution < 1.29 is 24.2 Å². The minimum Gasteiger partial charge on any atom is -0.507 e. The highest BCUT2D eigenvalue weighted by molar-refractivity contribution is 6.46. The summed E-state index contributed by atoms with van der Waals surface area (Å²) >= 11 is 0. The number of rotatable bonds is 12. The Kier molecular flexibility index (Phi) is 9.33. The molecule has 1 fully saturated rings. The topological polar surface area (TPSA) is 92.2 Å². The van der Waals surface area contributed by atoms with E-state index in [0.29, 0.717) is 48.9 Å². The van der Waals surface area contributed by atoms with Crippen molar-refractivity contribution in [2.24, 2.45) is 0 Å². The Balaban J connectivity index is 1.75. The number of likely N-dealkylation sites (N-methyl/N-ethyl adjacent to an activating group) is 1. The van der Waals surface area contributed by atoms with Gasteiger partial charge in [0.1, 0.15) is 12.4 Å². The molecule has 1 aromatic heterocycles. The highest BCUT2D eigenvalue weighted by atomic mass is 16.5. The number of nitrogens with zero attached hydrogens (tertiary/aromatic N) is 3. The van der Waals surface area contributed by atoms with Crippen molar-refractivity contribution >= 4 is 17.4 Å². The van der Waals surface area contributed by atoms with E-state index in [2.05, 4.69) is 23.7 Å². The number of likely N-dealkylation sites (tertiary alicyclic amines) is 1. The number of pyridine rings is 1. The van der Waals surface area contributed by atoms with Gasteiger partial charge < -0.3 is 24.4 Å². The molecule has 2 heterocycles. The number of aliphatic hydroxyl groups excluding tert-OH is 1. The Hall–Kier alpha value is -4.17. The van der Waals surface area contributed by atoms with Gasteiger partial charge in [-0.15, -0.1) is 0 Å². The lowest BCUT2D eigenvalue weighted by Gasteiger charge is -2.28. The van der Waals surface area contributed by atoms with Crippen molar-refractivity contribution in [2.75, 3.05) is 32.8 Å². The van der Waals surface area contributed by atoms with Crippen LogP contribution < -0.4 is 9.47 Å². The van der Waals surface area contributed by atoms with Gasteiger partial charge in [0.05, 0.1) is 18.2 Å². The zero-order chi connectivity index (χ0) is 27.8. The van der Waals surface area contributed by atoms with E-state index in [4.69, 9.17) is 9.47 Å². The van der Waals surface area contributed by atoms with Gasteiger partial charge in [-0.25, -0.2) is 0 Å². The average Bonchev–Trinajstić information content (AvgIpc) is 3.23. The zero-order valence-electron chi connectivity index (χ0n) is 22.7. The average molecular weight is 530 g/mol. The maximum atomic E-state index is 13.3. The van der Waals surface area contributed by atoms with Gasteiger partial charge in [-0.3, -0.25) is 14.6 Å². The summed E-state index contributed by atoms with van der Waals surface area (Å²) in [5.41, 5.74) is 2.14. The summed E-state index contributed by atoms with van der Waals surface area (Å²) in [6.07, 6.45) is 3.07. The molecule has 0 spiro atoms. The van der Waals surface area contributed by atoms with Crippen LogP contribution in [0.5, 0.6) is 11.5 Å².